The van der Waals surface area contributed by atoms with Gasteiger partial charge in [-0.3, -0.25) is 4.57 Å². The molecule has 0 saturated heterocycles. The number of nitrogens with zero attached hydrogens (tertiary/aromatic N) is 3. The van der Waals surface area contributed by atoms with Gasteiger partial charge in [-0.1, -0.05) is 6.92 Å². The summed E-state index contributed by atoms with van der Waals surface area (Å²) in [5, 5.41) is 0. The largest absolute Gasteiger partial charge is 0.478 e. The topological polar surface area (TPSA) is 92.3 Å². The quantitative estimate of drug-likeness (QED) is 0.841. The van der Waals surface area contributed by atoms with E-state index in [0.717, 1.165) is 5.69 Å². The molecular weight excluding hydrogens is 272 g/mol. The van der Waals surface area contributed by atoms with Gasteiger partial charge in [0.2, 0.25) is 5.88 Å². The lowest BCUT2D eigenvalue weighted by Gasteiger charge is -2.09. The Morgan fingerprint density at radius 1 is 1.38 bits per heavy atom. The summed E-state index contributed by atoms with van der Waals surface area (Å²) in [6, 6.07) is 3.56. The Hall–Kier alpha value is -2.57. The van der Waals surface area contributed by atoms with Gasteiger partial charge in [-0.2, -0.15) is 0 Å². The molecule has 0 aromatic carbocycles. The van der Waals surface area contributed by atoms with Crippen molar-refractivity contribution in [2.24, 2.45) is 0 Å². The molecule has 0 radical (unpaired) electrons. The highest BCUT2D eigenvalue weighted by atomic mass is 16.5. The molecule has 0 aliphatic heterocycles. The number of esters is 1. The van der Waals surface area contributed by atoms with E-state index >= 15 is 0 Å². The normalized spacial score (nSPS) is 10.4. The number of methoxy groups -OCH3 is 1. The zero-order chi connectivity index (χ0) is 15.4. The molecule has 112 valence electrons. The number of rotatable bonds is 5. The van der Waals surface area contributed by atoms with E-state index in [1.165, 1.54) is 7.11 Å². The number of pyridine rings is 1. The number of anilines is 1. The third-order valence-electron chi connectivity index (χ3n) is 2.95. The smallest absolute Gasteiger partial charge is 0.360 e. The Labute approximate surface area is 122 Å². The van der Waals surface area contributed by atoms with Crippen LogP contribution in [-0.4, -0.2) is 34.2 Å². The number of imidazole rings is 1. The van der Waals surface area contributed by atoms with Crippen molar-refractivity contribution in [3.05, 3.63) is 29.8 Å². The molecule has 7 nitrogen and oxygen atoms in total. The number of carbonyl (C=O) groups excluding carboxylic acids is 1. The highest BCUT2D eigenvalue weighted by Crippen LogP contribution is 2.22. The number of hydrogen-bond acceptors (Lipinski definition) is 6. The van der Waals surface area contributed by atoms with Gasteiger partial charge in [-0.25, -0.2) is 14.8 Å². The Kier molecular flexibility index (Phi) is 4.42. The molecule has 0 spiro atoms. The first kappa shape index (κ1) is 14.8. The molecule has 2 aromatic heterocycles. The van der Waals surface area contributed by atoms with Crippen LogP contribution in [0.15, 0.2) is 18.3 Å². The first-order chi connectivity index (χ1) is 10.1. The van der Waals surface area contributed by atoms with Crippen LogP contribution >= 0.6 is 0 Å². The van der Waals surface area contributed by atoms with E-state index in [2.05, 4.69) is 14.7 Å². The van der Waals surface area contributed by atoms with Gasteiger partial charge in [0.1, 0.15) is 11.6 Å². The van der Waals surface area contributed by atoms with Crippen molar-refractivity contribution in [3.63, 3.8) is 0 Å². The molecule has 0 atom stereocenters. The van der Waals surface area contributed by atoms with Crippen LogP contribution < -0.4 is 10.5 Å². The van der Waals surface area contributed by atoms with Crippen molar-refractivity contribution in [2.75, 3.05) is 19.5 Å². The summed E-state index contributed by atoms with van der Waals surface area (Å²) in [5.41, 5.74) is 6.86. The minimum absolute atomic E-state index is 0.114. The number of hydrogen-bond donors (Lipinski definition) is 1. The van der Waals surface area contributed by atoms with E-state index in [9.17, 15) is 4.79 Å². The number of nitrogen functional groups attached to an aromatic ring is 1. The summed E-state index contributed by atoms with van der Waals surface area (Å²) >= 11 is 0. The summed E-state index contributed by atoms with van der Waals surface area (Å²) in [6.07, 6.45) is 2.25. The van der Waals surface area contributed by atoms with Crippen LogP contribution in [-0.2, 0) is 11.2 Å². The van der Waals surface area contributed by atoms with Crippen LogP contribution in [0.4, 0.5) is 5.82 Å². The lowest BCUT2D eigenvalue weighted by atomic mass is 10.3. The second-order valence-corrected chi connectivity index (χ2v) is 4.23. The zero-order valence-corrected chi connectivity index (χ0v) is 12.3. The molecule has 0 aliphatic carbocycles. The molecule has 2 N–H and O–H groups in total. The van der Waals surface area contributed by atoms with Gasteiger partial charge in [-0.15, -0.1) is 0 Å². The lowest BCUT2D eigenvalue weighted by Crippen LogP contribution is -2.08. The van der Waals surface area contributed by atoms with Crippen molar-refractivity contribution in [1.29, 1.82) is 0 Å². The monoisotopic (exact) mass is 290 g/mol. The SMILES string of the molecule is CCOc1ccc(-n2c(CC)nc(C(=O)OC)c2N)cn1. The Morgan fingerprint density at radius 2 is 2.14 bits per heavy atom. The molecule has 0 saturated carbocycles. The molecule has 2 aromatic rings. The van der Waals surface area contributed by atoms with Crippen molar-refractivity contribution in [2.45, 2.75) is 20.3 Å². The first-order valence-corrected chi connectivity index (χ1v) is 6.66. The predicted octanol–water partition coefficient (Wildman–Crippen LogP) is 1.60. The van der Waals surface area contributed by atoms with Gasteiger partial charge < -0.3 is 15.2 Å². The number of nitrogens with two attached hydrogens (primary N) is 1. The maximum atomic E-state index is 11.7. The molecule has 0 unspecified atom stereocenters. The van der Waals surface area contributed by atoms with Crippen LogP contribution in [0, 0.1) is 0 Å². The number of ether oxygens (including phenoxy) is 2. The van der Waals surface area contributed by atoms with E-state index in [0.29, 0.717) is 24.7 Å². The molecule has 0 amide bonds. The number of aromatic nitrogens is 3. The fourth-order valence-corrected chi connectivity index (χ4v) is 1.99. The van der Waals surface area contributed by atoms with E-state index in [1.54, 1.807) is 16.8 Å². The summed E-state index contributed by atoms with van der Waals surface area (Å²) in [5.74, 6) is 0.884. The predicted molar refractivity (Wildman–Crippen MR) is 77.7 cm³/mol. The van der Waals surface area contributed by atoms with Gasteiger partial charge in [-0.05, 0) is 13.0 Å². The molecule has 0 aliphatic rings. The average Bonchev–Trinajstić information content (AvgIpc) is 2.84. The van der Waals surface area contributed by atoms with Crippen LogP contribution in [0.5, 0.6) is 5.88 Å². The zero-order valence-electron chi connectivity index (χ0n) is 12.3. The second kappa shape index (κ2) is 6.25. The molecule has 2 rings (SSSR count). The maximum absolute atomic E-state index is 11.7. The third kappa shape index (κ3) is 2.81. The first-order valence-electron chi connectivity index (χ1n) is 6.66. The highest BCUT2D eigenvalue weighted by molar-refractivity contribution is 5.92. The van der Waals surface area contributed by atoms with Crippen LogP contribution in [0.2, 0.25) is 0 Å². The molecule has 2 heterocycles. The van der Waals surface area contributed by atoms with Crippen molar-refractivity contribution in [1.82, 2.24) is 14.5 Å². The van der Waals surface area contributed by atoms with Gasteiger partial charge in [0.05, 0.1) is 25.6 Å². The maximum Gasteiger partial charge on any atom is 0.360 e. The van der Waals surface area contributed by atoms with Crippen LogP contribution in [0.25, 0.3) is 5.69 Å². The van der Waals surface area contributed by atoms with E-state index in [4.69, 9.17) is 10.5 Å². The molecule has 0 fully saturated rings. The van der Waals surface area contributed by atoms with E-state index < -0.39 is 5.97 Å². The van der Waals surface area contributed by atoms with E-state index in [-0.39, 0.29) is 11.5 Å². The van der Waals surface area contributed by atoms with Crippen LogP contribution in [0.1, 0.15) is 30.2 Å². The minimum Gasteiger partial charge on any atom is -0.478 e. The Balaban J connectivity index is 2.47. The van der Waals surface area contributed by atoms with E-state index in [1.807, 2.05) is 19.9 Å². The van der Waals surface area contributed by atoms with Gasteiger partial charge in [0.25, 0.3) is 0 Å². The average molecular weight is 290 g/mol. The molecule has 7 heteroatoms. The molecule has 0 bridgehead atoms. The molecular formula is C14H18N4O3. The fraction of sp³-hybridized carbons (Fsp3) is 0.357. The second-order valence-electron chi connectivity index (χ2n) is 4.23. The molecule has 21 heavy (non-hydrogen) atoms. The summed E-state index contributed by atoms with van der Waals surface area (Å²) in [4.78, 5) is 20.1. The third-order valence-corrected chi connectivity index (χ3v) is 2.95. The van der Waals surface area contributed by atoms with Crippen molar-refractivity contribution >= 4 is 11.8 Å². The minimum atomic E-state index is -0.556. The fourth-order valence-electron chi connectivity index (χ4n) is 1.99. The summed E-state index contributed by atoms with van der Waals surface area (Å²) in [7, 11) is 1.30. The number of aryl methyl sites for hydroxylation is 1. The standard InChI is InChI=1S/C14H18N4O3/c1-4-10-17-12(14(19)20-3)13(15)18(10)9-6-7-11(16-8-9)21-5-2/h6-8H,4-5,15H2,1-3H3. The summed E-state index contributed by atoms with van der Waals surface area (Å²) in [6.45, 7) is 4.37. The van der Waals surface area contributed by atoms with Crippen molar-refractivity contribution < 1.29 is 14.3 Å². The van der Waals surface area contributed by atoms with Gasteiger partial charge >= 0.3 is 5.97 Å². The van der Waals surface area contributed by atoms with Gasteiger partial charge in [0.15, 0.2) is 5.69 Å². The van der Waals surface area contributed by atoms with Crippen molar-refractivity contribution in [3.8, 4) is 11.6 Å². The lowest BCUT2D eigenvalue weighted by molar-refractivity contribution is 0.0595. The highest BCUT2D eigenvalue weighted by Gasteiger charge is 2.21. The Bertz CT molecular complexity index is 634. The van der Waals surface area contributed by atoms with Crippen LogP contribution in [0.3, 0.4) is 0 Å². The van der Waals surface area contributed by atoms with Gasteiger partial charge in [0, 0.05) is 12.5 Å². The Morgan fingerprint density at radius 3 is 2.67 bits per heavy atom. The number of carbonyl (C=O) groups is 1. The summed E-state index contributed by atoms with van der Waals surface area (Å²) < 4.78 is 11.7.